The van der Waals surface area contributed by atoms with Crippen LogP contribution in [-0.4, -0.2) is 40.8 Å². The molecule has 2 atom stereocenters. The van der Waals surface area contributed by atoms with Crippen molar-refractivity contribution >= 4 is 50.6 Å². The monoisotopic (exact) mass is 523 g/mol. The lowest BCUT2D eigenvalue weighted by atomic mass is 9.86. The van der Waals surface area contributed by atoms with E-state index < -0.39 is 17.5 Å². The minimum atomic E-state index is -0.818. The molecule has 1 N–H and O–H groups in total. The first kappa shape index (κ1) is 20.5. The highest BCUT2D eigenvalue weighted by molar-refractivity contribution is 14.1. The summed E-state index contributed by atoms with van der Waals surface area (Å²) in [6.07, 6.45) is 0.757. The topological polar surface area (TPSA) is 66.8 Å². The van der Waals surface area contributed by atoms with Gasteiger partial charge in [-0.05, 0) is 79.8 Å². The fourth-order valence-corrected chi connectivity index (χ4v) is 4.45. The van der Waals surface area contributed by atoms with Gasteiger partial charge in [-0.2, -0.15) is 0 Å². The molecule has 1 fully saturated rings. The van der Waals surface area contributed by atoms with E-state index in [4.69, 9.17) is 4.74 Å². The summed E-state index contributed by atoms with van der Waals surface area (Å²) < 4.78 is 7.41. The van der Waals surface area contributed by atoms with Crippen LogP contribution in [0.4, 0.5) is 4.79 Å². The van der Waals surface area contributed by atoms with Gasteiger partial charge in [-0.1, -0.05) is 22.0 Å². The van der Waals surface area contributed by atoms with Crippen LogP contribution in [0.5, 0.6) is 0 Å². The van der Waals surface area contributed by atoms with Crippen molar-refractivity contribution in [1.82, 2.24) is 4.90 Å². The molecule has 0 spiro atoms. The summed E-state index contributed by atoms with van der Waals surface area (Å²) in [5, 5.41) is 9.70. The number of benzene rings is 1. The molecule has 1 saturated heterocycles. The zero-order valence-corrected chi connectivity index (χ0v) is 18.3. The van der Waals surface area contributed by atoms with Crippen LogP contribution in [0.2, 0.25) is 0 Å². The van der Waals surface area contributed by atoms with E-state index in [1.165, 1.54) is 0 Å². The Morgan fingerprint density at radius 2 is 2.12 bits per heavy atom. The van der Waals surface area contributed by atoms with E-state index in [0.717, 1.165) is 13.6 Å². The fourth-order valence-electron chi connectivity index (χ4n) is 2.99. The minimum absolute atomic E-state index is 0.0730. The second-order valence-corrected chi connectivity index (χ2v) is 9.46. The lowest BCUT2D eigenvalue weighted by Gasteiger charge is -2.25. The summed E-state index contributed by atoms with van der Waals surface area (Å²) in [4.78, 5) is 25.6. The number of carbonyl (C=O) groups is 2. The number of nitrogens with zero attached hydrogens (tertiary/aromatic N) is 1. The van der Waals surface area contributed by atoms with Crippen LogP contribution in [0.1, 0.15) is 32.8 Å². The number of halogens is 2. The van der Waals surface area contributed by atoms with Crippen LogP contribution < -0.4 is 0 Å². The Balaban J connectivity index is 2.06. The van der Waals surface area contributed by atoms with Crippen molar-refractivity contribution in [2.45, 2.75) is 39.2 Å². The number of hydrogen-bond donors (Lipinski definition) is 1. The highest BCUT2D eigenvalue weighted by Gasteiger charge is 2.37. The van der Waals surface area contributed by atoms with Crippen molar-refractivity contribution in [2.75, 3.05) is 13.1 Å². The summed E-state index contributed by atoms with van der Waals surface area (Å²) in [7, 11) is 0. The second-order valence-electron chi connectivity index (χ2n) is 7.36. The van der Waals surface area contributed by atoms with Gasteiger partial charge in [0.25, 0.3) is 0 Å². The third kappa shape index (κ3) is 5.84. The maximum absolute atomic E-state index is 12.2. The van der Waals surface area contributed by atoms with Crippen molar-refractivity contribution in [3.05, 3.63) is 31.8 Å². The molecular formula is C18H23BrINO4. The number of ether oxygens (including phenoxy) is 1. The molecule has 5 nitrogen and oxygen atoms in total. The number of amides is 1. The van der Waals surface area contributed by atoms with Crippen LogP contribution in [0.25, 0.3) is 0 Å². The Kier molecular flexibility index (Phi) is 6.75. The van der Waals surface area contributed by atoms with Crippen LogP contribution in [0, 0.1) is 15.4 Å². The standard InChI is InChI=1S/C18H23BrINO4/c1-18(2,3)25-17(24)21-7-6-12(10-21)14(16(22)23)8-11-4-5-13(20)9-15(11)19/h4-5,9,12,14H,6-8,10H2,1-3H3,(H,22,23)/t12-,14-/m0/s1. The van der Waals surface area contributed by atoms with Gasteiger partial charge in [0.05, 0.1) is 5.92 Å². The summed E-state index contributed by atoms with van der Waals surface area (Å²) in [5.74, 6) is -1.42. The van der Waals surface area contributed by atoms with Crippen LogP contribution in [0.3, 0.4) is 0 Å². The smallest absolute Gasteiger partial charge is 0.410 e. The lowest BCUT2D eigenvalue weighted by Crippen LogP contribution is -2.36. The number of carbonyl (C=O) groups excluding carboxylic acids is 1. The van der Waals surface area contributed by atoms with E-state index in [1.807, 2.05) is 39.0 Å². The van der Waals surface area contributed by atoms with E-state index in [9.17, 15) is 14.7 Å². The zero-order valence-electron chi connectivity index (χ0n) is 14.6. The molecule has 0 unspecified atom stereocenters. The molecule has 2 rings (SSSR count). The molecule has 25 heavy (non-hydrogen) atoms. The molecule has 1 aromatic rings. The first-order chi connectivity index (χ1) is 11.6. The average Bonchev–Trinajstić information content (AvgIpc) is 2.94. The molecule has 0 saturated carbocycles. The van der Waals surface area contributed by atoms with Crippen LogP contribution in [0.15, 0.2) is 22.7 Å². The largest absolute Gasteiger partial charge is 0.481 e. The van der Waals surface area contributed by atoms with E-state index >= 15 is 0 Å². The third-order valence-electron chi connectivity index (χ3n) is 4.22. The predicted octanol–water partition coefficient (Wildman–Crippen LogP) is 4.55. The van der Waals surface area contributed by atoms with Gasteiger partial charge in [0, 0.05) is 21.1 Å². The summed E-state index contributed by atoms with van der Waals surface area (Å²) in [6.45, 7) is 6.44. The molecule has 1 aliphatic heterocycles. The number of rotatable bonds is 4. The SMILES string of the molecule is CC(C)(C)OC(=O)N1CC[C@H]([C@H](Cc2ccc(I)cc2Br)C(=O)O)C1. The molecule has 1 heterocycles. The van der Waals surface area contributed by atoms with Crippen molar-refractivity contribution in [3.8, 4) is 0 Å². The summed E-state index contributed by atoms with van der Waals surface area (Å²) in [5.41, 5.74) is 0.427. The highest BCUT2D eigenvalue weighted by Crippen LogP contribution is 2.31. The Labute approximate surface area is 170 Å². The summed E-state index contributed by atoms with van der Waals surface area (Å²) >= 11 is 5.74. The second kappa shape index (κ2) is 8.24. The van der Waals surface area contributed by atoms with E-state index in [0.29, 0.717) is 25.9 Å². The maximum atomic E-state index is 12.2. The quantitative estimate of drug-likeness (QED) is 0.588. The van der Waals surface area contributed by atoms with Gasteiger partial charge in [-0.25, -0.2) is 4.79 Å². The van der Waals surface area contributed by atoms with Crippen molar-refractivity contribution in [2.24, 2.45) is 11.8 Å². The van der Waals surface area contributed by atoms with Crippen LogP contribution in [-0.2, 0) is 16.0 Å². The predicted molar refractivity (Wildman–Crippen MR) is 108 cm³/mol. The molecule has 0 bridgehead atoms. The lowest BCUT2D eigenvalue weighted by molar-refractivity contribution is -0.143. The molecule has 0 aliphatic carbocycles. The van der Waals surface area contributed by atoms with Crippen LogP contribution >= 0.6 is 38.5 Å². The highest BCUT2D eigenvalue weighted by atomic mass is 127. The van der Waals surface area contributed by atoms with Gasteiger partial charge >= 0.3 is 12.1 Å². The Hall–Kier alpha value is -0.830. The zero-order chi connectivity index (χ0) is 18.8. The molecule has 0 radical (unpaired) electrons. The van der Waals surface area contributed by atoms with E-state index in [1.54, 1.807) is 4.90 Å². The molecule has 1 amide bonds. The Morgan fingerprint density at radius 3 is 2.68 bits per heavy atom. The van der Waals surface area contributed by atoms with E-state index in [2.05, 4.69) is 38.5 Å². The first-order valence-electron chi connectivity index (χ1n) is 8.21. The van der Waals surface area contributed by atoms with Gasteiger partial charge < -0.3 is 14.7 Å². The van der Waals surface area contributed by atoms with Gasteiger partial charge in [0.1, 0.15) is 5.60 Å². The Bertz CT molecular complexity index is 659. The number of hydrogen-bond acceptors (Lipinski definition) is 3. The first-order valence-corrected chi connectivity index (χ1v) is 10.1. The number of carboxylic acid groups (broad SMARTS) is 1. The van der Waals surface area contributed by atoms with Gasteiger partial charge in [-0.3, -0.25) is 4.79 Å². The minimum Gasteiger partial charge on any atom is -0.481 e. The molecule has 1 aliphatic rings. The van der Waals surface area contributed by atoms with Crippen molar-refractivity contribution in [1.29, 1.82) is 0 Å². The number of aliphatic carboxylic acids is 1. The molecule has 0 aromatic heterocycles. The fraction of sp³-hybridized carbons (Fsp3) is 0.556. The molecule has 7 heteroatoms. The molecule has 138 valence electrons. The Morgan fingerprint density at radius 1 is 1.44 bits per heavy atom. The van der Waals surface area contributed by atoms with Crippen molar-refractivity contribution in [3.63, 3.8) is 0 Å². The normalized spacial score (nSPS) is 18.9. The van der Waals surface area contributed by atoms with Gasteiger partial charge in [0.15, 0.2) is 0 Å². The van der Waals surface area contributed by atoms with Crippen molar-refractivity contribution < 1.29 is 19.4 Å². The van der Waals surface area contributed by atoms with Gasteiger partial charge in [0.2, 0.25) is 0 Å². The molecule has 1 aromatic carbocycles. The number of carboxylic acids is 1. The summed E-state index contributed by atoms with van der Waals surface area (Å²) in [6, 6.07) is 5.92. The third-order valence-corrected chi connectivity index (χ3v) is 5.63. The molecular weight excluding hydrogens is 501 g/mol. The van der Waals surface area contributed by atoms with Gasteiger partial charge in [-0.15, -0.1) is 0 Å². The number of likely N-dealkylation sites (tertiary alicyclic amines) is 1. The van der Waals surface area contributed by atoms with E-state index in [-0.39, 0.29) is 12.0 Å². The maximum Gasteiger partial charge on any atom is 0.410 e. The average molecular weight is 524 g/mol.